The van der Waals surface area contributed by atoms with Crippen LogP contribution in [-0.2, 0) is 0 Å². The zero-order chi connectivity index (χ0) is 15.4. The van der Waals surface area contributed by atoms with Crippen LogP contribution in [0.15, 0.2) is 46.6 Å². The predicted molar refractivity (Wildman–Crippen MR) is 86.2 cm³/mol. The van der Waals surface area contributed by atoms with Crippen molar-refractivity contribution in [1.29, 1.82) is 0 Å². The maximum absolute atomic E-state index is 5.65. The highest BCUT2D eigenvalue weighted by molar-refractivity contribution is 5.93. The Morgan fingerprint density at radius 3 is 2.29 bits per heavy atom. The molecular formula is C15H18N6. The second kappa shape index (κ2) is 6.04. The molecule has 0 unspecified atom stereocenters. The van der Waals surface area contributed by atoms with Crippen LogP contribution in [0, 0.1) is 13.8 Å². The van der Waals surface area contributed by atoms with E-state index in [9.17, 15) is 0 Å². The number of hydrogen-bond donors (Lipinski definition) is 3. The van der Waals surface area contributed by atoms with E-state index in [1.165, 1.54) is 0 Å². The molecule has 0 atom stereocenters. The molecule has 2 rings (SSSR count). The Morgan fingerprint density at radius 1 is 1.10 bits per heavy atom. The summed E-state index contributed by atoms with van der Waals surface area (Å²) in [7, 11) is 0. The topological polar surface area (TPSA) is 116 Å². The van der Waals surface area contributed by atoms with E-state index in [0.29, 0.717) is 5.69 Å². The molecule has 6 nitrogen and oxygen atoms in total. The fourth-order valence-electron chi connectivity index (χ4n) is 2.26. The monoisotopic (exact) mass is 282 g/mol. The molecule has 1 aromatic carbocycles. The van der Waals surface area contributed by atoms with E-state index in [0.717, 1.165) is 22.3 Å². The molecule has 2 aromatic rings. The number of nitrogens with zero attached hydrogens (tertiary/aromatic N) is 3. The summed E-state index contributed by atoms with van der Waals surface area (Å²) >= 11 is 0. The molecule has 0 aliphatic carbocycles. The zero-order valence-corrected chi connectivity index (χ0v) is 12.0. The van der Waals surface area contributed by atoms with Crippen molar-refractivity contribution < 1.29 is 0 Å². The molecule has 1 aromatic heterocycles. The van der Waals surface area contributed by atoms with Gasteiger partial charge in [0.1, 0.15) is 0 Å². The highest BCUT2D eigenvalue weighted by Gasteiger charge is 2.07. The number of nitrogens with two attached hydrogens (primary N) is 3. The lowest BCUT2D eigenvalue weighted by molar-refractivity contribution is 1.29. The Kier molecular flexibility index (Phi) is 4.18. The lowest BCUT2D eigenvalue weighted by Crippen LogP contribution is -2.26. The maximum atomic E-state index is 5.65. The SMILES string of the molecule is Cc1cc(N=C(N)N=C(N)N)cc(C)c1-c1cccnc1. The minimum Gasteiger partial charge on any atom is -0.370 e. The van der Waals surface area contributed by atoms with E-state index in [1.54, 1.807) is 6.20 Å². The molecule has 21 heavy (non-hydrogen) atoms. The van der Waals surface area contributed by atoms with Gasteiger partial charge in [0.25, 0.3) is 0 Å². The number of rotatable bonds is 2. The van der Waals surface area contributed by atoms with E-state index in [4.69, 9.17) is 17.2 Å². The van der Waals surface area contributed by atoms with Crippen molar-refractivity contribution in [2.24, 2.45) is 27.2 Å². The van der Waals surface area contributed by atoms with Crippen LogP contribution in [0.5, 0.6) is 0 Å². The van der Waals surface area contributed by atoms with Crippen LogP contribution in [0.25, 0.3) is 11.1 Å². The van der Waals surface area contributed by atoms with Crippen molar-refractivity contribution in [2.45, 2.75) is 13.8 Å². The van der Waals surface area contributed by atoms with E-state index >= 15 is 0 Å². The molecular weight excluding hydrogens is 264 g/mol. The summed E-state index contributed by atoms with van der Waals surface area (Å²) in [5.41, 5.74) is 21.3. The van der Waals surface area contributed by atoms with Gasteiger partial charge in [-0.15, -0.1) is 0 Å². The number of benzene rings is 1. The summed E-state index contributed by atoms with van der Waals surface area (Å²) in [6.07, 6.45) is 3.59. The van der Waals surface area contributed by atoms with Gasteiger partial charge in [-0.25, -0.2) is 4.99 Å². The van der Waals surface area contributed by atoms with Gasteiger partial charge in [0.05, 0.1) is 5.69 Å². The second-order valence-corrected chi connectivity index (χ2v) is 4.70. The lowest BCUT2D eigenvalue weighted by atomic mass is 9.96. The Hall–Kier alpha value is -2.89. The number of aryl methyl sites for hydroxylation is 2. The highest BCUT2D eigenvalue weighted by Crippen LogP contribution is 2.30. The smallest absolute Gasteiger partial charge is 0.223 e. The minimum absolute atomic E-state index is 0.0305. The van der Waals surface area contributed by atoms with Gasteiger partial charge in [0.2, 0.25) is 5.96 Å². The summed E-state index contributed by atoms with van der Waals surface area (Å²) in [5.74, 6) is -0.0837. The summed E-state index contributed by atoms with van der Waals surface area (Å²) in [4.78, 5) is 12.0. The Morgan fingerprint density at radius 2 is 1.76 bits per heavy atom. The summed E-state index contributed by atoms with van der Waals surface area (Å²) in [5, 5.41) is 0. The first kappa shape index (κ1) is 14.5. The number of guanidine groups is 2. The summed E-state index contributed by atoms with van der Waals surface area (Å²) in [6, 6.07) is 7.81. The van der Waals surface area contributed by atoms with Gasteiger partial charge in [-0.2, -0.15) is 4.99 Å². The van der Waals surface area contributed by atoms with Gasteiger partial charge in [0, 0.05) is 18.0 Å². The molecule has 0 fully saturated rings. The minimum atomic E-state index is -0.114. The quantitative estimate of drug-likeness (QED) is 0.572. The third-order valence-electron chi connectivity index (χ3n) is 2.95. The first-order valence-corrected chi connectivity index (χ1v) is 6.43. The summed E-state index contributed by atoms with van der Waals surface area (Å²) < 4.78 is 0. The fraction of sp³-hybridized carbons (Fsp3) is 0.133. The number of pyridine rings is 1. The van der Waals surface area contributed by atoms with Crippen LogP contribution in [0.4, 0.5) is 5.69 Å². The molecule has 0 aliphatic heterocycles. The average molecular weight is 282 g/mol. The molecule has 0 amide bonds. The zero-order valence-electron chi connectivity index (χ0n) is 12.0. The van der Waals surface area contributed by atoms with Crippen molar-refractivity contribution in [3.8, 4) is 11.1 Å². The molecule has 0 aliphatic rings. The molecule has 1 heterocycles. The number of aromatic nitrogens is 1. The molecule has 0 spiro atoms. The van der Waals surface area contributed by atoms with Gasteiger partial charge in [-0.3, -0.25) is 4.98 Å². The van der Waals surface area contributed by atoms with E-state index < -0.39 is 0 Å². The molecule has 6 N–H and O–H groups in total. The van der Waals surface area contributed by atoms with Crippen LogP contribution in [0.3, 0.4) is 0 Å². The van der Waals surface area contributed by atoms with Crippen LogP contribution in [0.1, 0.15) is 11.1 Å². The molecule has 0 bridgehead atoms. The maximum Gasteiger partial charge on any atom is 0.223 e. The predicted octanol–water partition coefficient (Wildman–Crippen LogP) is 1.59. The number of aliphatic imine (C=N–C) groups is 2. The average Bonchev–Trinajstić information content (AvgIpc) is 2.37. The highest BCUT2D eigenvalue weighted by atomic mass is 15.1. The molecule has 0 saturated heterocycles. The Balaban J connectivity index is 2.45. The first-order valence-electron chi connectivity index (χ1n) is 6.43. The van der Waals surface area contributed by atoms with E-state index in [1.807, 2.05) is 44.3 Å². The van der Waals surface area contributed by atoms with E-state index in [-0.39, 0.29) is 11.9 Å². The molecule has 108 valence electrons. The second-order valence-electron chi connectivity index (χ2n) is 4.70. The van der Waals surface area contributed by atoms with Gasteiger partial charge >= 0.3 is 0 Å². The number of hydrogen-bond acceptors (Lipinski definition) is 2. The fourth-order valence-corrected chi connectivity index (χ4v) is 2.26. The summed E-state index contributed by atoms with van der Waals surface area (Å²) in [6.45, 7) is 4.04. The first-order chi connectivity index (χ1) is 9.97. The van der Waals surface area contributed by atoms with Crippen molar-refractivity contribution >= 4 is 17.6 Å². The van der Waals surface area contributed by atoms with Crippen LogP contribution < -0.4 is 17.2 Å². The van der Waals surface area contributed by atoms with Gasteiger partial charge in [-0.1, -0.05) is 6.07 Å². The van der Waals surface area contributed by atoms with Gasteiger partial charge < -0.3 is 17.2 Å². The van der Waals surface area contributed by atoms with Crippen molar-refractivity contribution in [3.05, 3.63) is 47.8 Å². The largest absolute Gasteiger partial charge is 0.370 e. The molecule has 0 saturated carbocycles. The molecule has 6 heteroatoms. The van der Waals surface area contributed by atoms with Crippen LogP contribution in [-0.4, -0.2) is 16.9 Å². The molecule has 0 radical (unpaired) electrons. The normalized spacial score (nSPS) is 11.2. The third kappa shape index (κ3) is 3.56. The standard InChI is InChI=1S/C15H18N6/c1-9-6-12(20-15(18)21-14(16)17)7-10(2)13(9)11-4-3-5-19-8-11/h3-8H,1-2H3,(H6,16,17,18,20,21). The van der Waals surface area contributed by atoms with E-state index in [2.05, 4.69) is 15.0 Å². The Labute approximate surface area is 123 Å². The lowest BCUT2D eigenvalue weighted by Gasteiger charge is -2.11. The van der Waals surface area contributed by atoms with Gasteiger partial charge in [0.15, 0.2) is 5.96 Å². The van der Waals surface area contributed by atoms with Crippen LogP contribution >= 0.6 is 0 Å². The Bertz CT molecular complexity index is 676. The van der Waals surface area contributed by atoms with Gasteiger partial charge in [-0.05, 0) is 48.7 Å². The third-order valence-corrected chi connectivity index (χ3v) is 2.95. The van der Waals surface area contributed by atoms with Crippen molar-refractivity contribution in [1.82, 2.24) is 4.98 Å². The van der Waals surface area contributed by atoms with Crippen molar-refractivity contribution in [3.63, 3.8) is 0 Å². The van der Waals surface area contributed by atoms with Crippen LogP contribution in [0.2, 0.25) is 0 Å². The van der Waals surface area contributed by atoms with Crippen molar-refractivity contribution in [2.75, 3.05) is 0 Å².